The lowest BCUT2D eigenvalue weighted by atomic mass is 10.1. The molecule has 0 aliphatic carbocycles. The number of hydrogen-bond donors (Lipinski definition) is 4. The Morgan fingerprint density at radius 3 is 2.38 bits per heavy atom. The van der Waals surface area contributed by atoms with Crippen molar-refractivity contribution < 1.29 is 14.7 Å². The van der Waals surface area contributed by atoms with Crippen molar-refractivity contribution in [2.45, 2.75) is 32.7 Å². The quantitative estimate of drug-likeness (QED) is 0.536. The van der Waals surface area contributed by atoms with E-state index < -0.39 is 12.0 Å². The fraction of sp³-hybridized carbons (Fsp3) is 0.467. The topological polar surface area (TPSA) is 104 Å². The first kappa shape index (κ1) is 17.1. The standard InChI is InChI=1S/C15H23N3O3/c1-10-6-11(2)8-12(7-10)18-14(19)9-13(15(20)21)17-5-3-4-16/h6-8,13,17H,3-5,9,16H2,1-2H3,(H,18,19)(H,20,21)/t13-/m1/s1. The van der Waals surface area contributed by atoms with Gasteiger partial charge in [-0.3, -0.25) is 9.59 Å². The van der Waals surface area contributed by atoms with Crippen LogP contribution in [0.15, 0.2) is 18.2 Å². The highest BCUT2D eigenvalue weighted by molar-refractivity contribution is 5.94. The second-order valence-electron chi connectivity index (χ2n) is 5.12. The minimum atomic E-state index is -1.04. The van der Waals surface area contributed by atoms with Crippen LogP contribution in [-0.4, -0.2) is 36.1 Å². The highest BCUT2D eigenvalue weighted by atomic mass is 16.4. The predicted octanol–water partition coefficient (Wildman–Crippen LogP) is 1.02. The van der Waals surface area contributed by atoms with Gasteiger partial charge in [0, 0.05) is 5.69 Å². The summed E-state index contributed by atoms with van der Waals surface area (Å²) in [5, 5.41) is 14.7. The van der Waals surface area contributed by atoms with Crippen molar-refractivity contribution in [1.82, 2.24) is 5.32 Å². The van der Waals surface area contributed by atoms with Crippen molar-refractivity contribution >= 4 is 17.6 Å². The lowest BCUT2D eigenvalue weighted by Gasteiger charge is -2.14. The number of aliphatic carboxylic acids is 1. The van der Waals surface area contributed by atoms with Crippen LogP contribution in [0.1, 0.15) is 24.0 Å². The Morgan fingerprint density at radius 1 is 1.24 bits per heavy atom. The van der Waals surface area contributed by atoms with Crippen molar-refractivity contribution in [3.8, 4) is 0 Å². The summed E-state index contributed by atoms with van der Waals surface area (Å²) in [6.07, 6.45) is 0.551. The molecule has 0 spiro atoms. The number of nitrogens with two attached hydrogens (primary N) is 1. The third kappa shape index (κ3) is 6.37. The van der Waals surface area contributed by atoms with E-state index in [9.17, 15) is 9.59 Å². The Hall–Kier alpha value is -1.92. The number of carbonyl (C=O) groups excluding carboxylic acids is 1. The van der Waals surface area contributed by atoms with Gasteiger partial charge in [0.15, 0.2) is 0 Å². The van der Waals surface area contributed by atoms with Crippen LogP contribution in [0.4, 0.5) is 5.69 Å². The zero-order chi connectivity index (χ0) is 15.8. The largest absolute Gasteiger partial charge is 0.480 e. The van der Waals surface area contributed by atoms with E-state index in [-0.39, 0.29) is 12.3 Å². The number of carbonyl (C=O) groups is 2. The van der Waals surface area contributed by atoms with Gasteiger partial charge in [0.25, 0.3) is 0 Å². The van der Waals surface area contributed by atoms with Gasteiger partial charge in [0.1, 0.15) is 6.04 Å². The summed E-state index contributed by atoms with van der Waals surface area (Å²) in [5.74, 6) is -1.37. The molecule has 21 heavy (non-hydrogen) atoms. The lowest BCUT2D eigenvalue weighted by Crippen LogP contribution is -2.40. The maximum absolute atomic E-state index is 11.9. The molecule has 5 N–H and O–H groups in total. The van der Waals surface area contributed by atoms with Gasteiger partial charge < -0.3 is 21.5 Å². The number of benzene rings is 1. The van der Waals surface area contributed by atoms with E-state index in [4.69, 9.17) is 10.8 Å². The van der Waals surface area contributed by atoms with E-state index in [0.29, 0.717) is 25.2 Å². The van der Waals surface area contributed by atoms with Gasteiger partial charge in [-0.05, 0) is 56.6 Å². The van der Waals surface area contributed by atoms with Crippen LogP contribution in [0.25, 0.3) is 0 Å². The van der Waals surface area contributed by atoms with Crippen LogP contribution < -0.4 is 16.4 Å². The van der Waals surface area contributed by atoms with Gasteiger partial charge in [-0.15, -0.1) is 0 Å². The summed E-state index contributed by atoms with van der Waals surface area (Å²) in [6.45, 7) is 4.84. The summed E-state index contributed by atoms with van der Waals surface area (Å²) < 4.78 is 0. The second kappa shape index (κ2) is 8.39. The molecule has 0 heterocycles. The molecule has 0 saturated carbocycles. The fourth-order valence-electron chi connectivity index (χ4n) is 2.07. The van der Waals surface area contributed by atoms with Crippen molar-refractivity contribution in [2.75, 3.05) is 18.4 Å². The third-order valence-electron chi connectivity index (χ3n) is 2.96. The number of hydrogen-bond acceptors (Lipinski definition) is 4. The maximum Gasteiger partial charge on any atom is 0.321 e. The fourth-order valence-corrected chi connectivity index (χ4v) is 2.07. The van der Waals surface area contributed by atoms with Crippen LogP contribution in [0, 0.1) is 13.8 Å². The first-order chi connectivity index (χ1) is 9.92. The predicted molar refractivity (Wildman–Crippen MR) is 82.3 cm³/mol. The smallest absolute Gasteiger partial charge is 0.321 e. The summed E-state index contributed by atoms with van der Waals surface area (Å²) >= 11 is 0. The van der Waals surface area contributed by atoms with E-state index in [1.54, 1.807) is 0 Å². The minimum Gasteiger partial charge on any atom is -0.480 e. The first-order valence-corrected chi connectivity index (χ1v) is 6.96. The molecule has 1 aromatic rings. The molecule has 0 unspecified atom stereocenters. The molecule has 0 saturated heterocycles. The number of carboxylic acids is 1. The molecule has 0 aromatic heterocycles. The Balaban J connectivity index is 2.58. The molecule has 0 aliphatic rings. The zero-order valence-electron chi connectivity index (χ0n) is 12.5. The molecule has 0 radical (unpaired) electrons. The number of anilines is 1. The van der Waals surface area contributed by atoms with E-state index in [1.807, 2.05) is 32.0 Å². The summed E-state index contributed by atoms with van der Waals surface area (Å²) in [7, 11) is 0. The number of aryl methyl sites for hydroxylation is 2. The molecule has 1 amide bonds. The molecule has 1 atom stereocenters. The third-order valence-corrected chi connectivity index (χ3v) is 2.96. The Bertz CT molecular complexity index is 483. The van der Waals surface area contributed by atoms with E-state index in [1.165, 1.54) is 0 Å². The van der Waals surface area contributed by atoms with Crippen LogP contribution in [-0.2, 0) is 9.59 Å². The minimum absolute atomic E-state index is 0.118. The van der Waals surface area contributed by atoms with Gasteiger partial charge in [0.2, 0.25) is 5.91 Å². The Kier molecular flexibility index (Phi) is 6.84. The average molecular weight is 293 g/mol. The van der Waals surface area contributed by atoms with Gasteiger partial charge in [0.05, 0.1) is 6.42 Å². The maximum atomic E-state index is 11.9. The van der Waals surface area contributed by atoms with Gasteiger partial charge in [-0.1, -0.05) is 6.07 Å². The summed E-state index contributed by atoms with van der Waals surface area (Å²) in [6, 6.07) is 4.80. The molecule has 116 valence electrons. The Morgan fingerprint density at radius 2 is 1.86 bits per heavy atom. The van der Waals surface area contributed by atoms with Crippen LogP contribution in [0.2, 0.25) is 0 Å². The second-order valence-corrected chi connectivity index (χ2v) is 5.12. The van der Waals surface area contributed by atoms with Gasteiger partial charge in [-0.2, -0.15) is 0 Å². The van der Waals surface area contributed by atoms with Crippen molar-refractivity contribution in [3.05, 3.63) is 29.3 Å². The highest BCUT2D eigenvalue weighted by Crippen LogP contribution is 2.14. The summed E-state index contributed by atoms with van der Waals surface area (Å²) in [5.41, 5.74) is 8.13. The normalized spacial score (nSPS) is 12.0. The number of rotatable bonds is 8. The molecule has 0 fully saturated rings. The number of carboxylic acid groups (broad SMARTS) is 1. The molecule has 0 bridgehead atoms. The van der Waals surface area contributed by atoms with E-state index in [0.717, 1.165) is 11.1 Å². The molecular weight excluding hydrogens is 270 g/mol. The van der Waals surface area contributed by atoms with Crippen molar-refractivity contribution in [1.29, 1.82) is 0 Å². The van der Waals surface area contributed by atoms with Crippen LogP contribution in [0.5, 0.6) is 0 Å². The molecular formula is C15H23N3O3. The van der Waals surface area contributed by atoms with E-state index >= 15 is 0 Å². The first-order valence-electron chi connectivity index (χ1n) is 6.96. The monoisotopic (exact) mass is 293 g/mol. The summed E-state index contributed by atoms with van der Waals surface area (Å²) in [4.78, 5) is 23.1. The van der Waals surface area contributed by atoms with Crippen molar-refractivity contribution in [2.24, 2.45) is 5.73 Å². The number of nitrogens with one attached hydrogen (secondary N) is 2. The highest BCUT2D eigenvalue weighted by Gasteiger charge is 2.20. The number of amides is 1. The van der Waals surface area contributed by atoms with Gasteiger partial charge in [-0.25, -0.2) is 0 Å². The molecule has 0 aliphatic heterocycles. The molecule has 1 rings (SSSR count). The Labute approximate surface area is 124 Å². The SMILES string of the molecule is Cc1cc(C)cc(NC(=O)C[C@@H](NCCCN)C(=O)O)c1. The van der Waals surface area contributed by atoms with Gasteiger partial charge >= 0.3 is 5.97 Å². The zero-order valence-corrected chi connectivity index (χ0v) is 12.5. The lowest BCUT2D eigenvalue weighted by molar-refractivity contribution is -0.141. The van der Waals surface area contributed by atoms with Crippen LogP contribution >= 0.6 is 0 Å². The molecule has 1 aromatic carbocycles. The van der Waals surface area contributed by atoms with E-state index in [2.05, 4.69) is 10.6 Å². The van der Waals surface area contributed by atoms with Crippen LogP contribution in [0.3, 0.4) is 0 Å². The average Bonchev–Trinajstić information content (AvgIpc) is 2.36. The van der Waals surface area contributed by atoms with Crippen molar-refractivity contribution in [3.63, 3.8) is 0 Å². The molecule has 6 nitrogen and oxygen atoms in total. The molecule has 6 heteroatoms.